The van der Waals surface area contributed by atoms with E-state index in [1.165, 1.54) is 12.5 Å². The summed E-state index contributed by atoms with van der Waals surface area (Å²) in [6.07, 6.45) is 4.94. The third-order valence-electron chi connectivity index (χ3n) is 2.34. The SMILES string of the molecule is O=C(c1ccoc1)C1CCCOC1. The number of rotatable bonds is 2. The van der Waals surface area contributed by atoms with Crippen molar-refractivity contribution >= 4 is 5.78 Å². The molecule has 1 unspecified atom stereocenters. The molecule has 0 aliphatic carbocycles. The van der Waals surface area contributed by atoms with Gasteiger partial charge in [-0.3, -0.25) is 4.79 Å². The van der Waals surface area contributed by atoms with E-state index in [0.29, 0.717) is 12.2 Å². The number of furan rings is 1. The number of hydrogen-bond acceptors (Lipinski definition) is 3. The molecule has 0 radical (unpaired) electrons. The van der Waals surface area contributed by atoms with Crippen LogP contribution in [0.5, 0.6) is 0 Å². The largest absolute Gasteiger partial charge is 0.472 e. The smallest absolute Gasteiger partial charge is 0.171 e. The monoisotopic (exact) mass is 180 g/mol. The maximum Gasteiger partial charge on any atom is 0.171 e. The van der Waals surface area contributed by atoms with Crippen molar-refractivity contribution in [1.29, 1.82) is 0 Å². The van der Waals surface area contributed by atoms with Crippen LogP contribution in [0.4, 0.5) is 0 Å². The zero-order chi connectivity index (χ0) is 9.10. The molecule has 2 heterocycles. The zero-order valence-electron chi connectivity index (χ0n) is 7.36. The molecule has 13 heavy (non-hydrogen) atoms. The number of carbonyl (C=O) groups is 1. The van der Waals surface area contributed by atoms with E-state index in [2.05, 4.69) is 0 Å². The minimum atomic E-state index is 0.0337. The predicted molar refractivity (Wildman–Crippen MR) is 46.6 cm³/mol. The highest BCUT2D eigenvalue weighted by atomic mass is 16.5. The van der Waals surface area contributed by atoms with Gasteiger partial charge in [0.15, 0.2) is 5.78 Å². The van der Waals surface area contributed by atoms with E-state index in [1.807, 2.05) is 0 Å². The Balaban J connectivity index is 2.04. The fourth-order valence-corrected chi connectivity index (χ4v) is 1.59. The fraction of sp³-hybridized carbons (Fsp3) is 0.500. The lowest BCUT2D eigenvalue weighted by atomic mass is 9.94. The Labute approximate surface area is 76.7 Å². The van der Waals surface area contributed by atoms with E-state index in [1.54, 1.807) is 6.07 Å². The molecule has 1 aliphatic heterocycles. The summed E-state index contributed by atoms with van der Waals surface area (Å²) in [6, 6.07) is 1.71. The third-order valence-corrected chi connectivity index (χ3v) is 2.34. The molecule has 0 saturated carbocycles. The minimum absolute atomic E-state index is 0.0337. The Morgan fingerprint density at radius 3 is 3.08 bits per heavy atom. The molecule has 3 nitrogen and oxygen atoms in total. The molecule has 1 atom stereocenters. The average molecular weight is 180 g/mol. The summed E-state index contributed by atoms with van der Waals surface area (Å²) in [5.41, 5.74) is 0.663. The van der Waals surface area contributed by atoms with Gasteiger partial charge in [-0.15, -0.1) is 0 Å². The second-order valence-corrected chi connectivity index (χ2v) is 3.29. The highest BCUT2D eigenvalue weighted by Gasteiger charge is 2.23. The Kier molecular flexibility index (Phi) is 2.45. The van der Waals surface area contributed by atoms with Gasteiger partial charge in [-0.1, -0.05) is 0 Å². The summed E-state index contributed by atoms with van der Waals surface area (Å²) in [5, 5.41) is 0. The van der Waals surface area contributed by atoms with Crippen LogP contribution in [0.3, 0.4) is 0 Å². The van der Waals surface area contributed by atoms with E-state index in [0.717, 1.165) is 19.4 Å². The van der Waals surface area contributed by atoms with Crippen molar-refractivity contribution < 1.29 is 13.9 Å². The molecule has 2 rings (SSSR count). The van der Waals surface area contributed by atoms with Crippen LogP contribution in [0.2, 0.25) is 0 Å². The first-order chi connectivity index (χ1) is 6.38. The van der Waals surface area contributed by atoms with Gasteiger partial charge < -0.3 is 9.15 Å². The summed E-state index contributed by atoms with van der Waals surface area (Å²) in [5.74, 6) is 0.180. The van der Waals surface area contributed by atoms with Crippen molar-refractivity contribution in [3.8, 4) is 0 Å². The molecular weight excluding hydrogens is 168 g/mol. The van der Waals surface area contributed by atoms with Crippen LogP contribution in [0.1, 0.15) is 23.2 Å². The number of hydrogen-bond donors (Lipinski definition) is 0. The summed E-state index contributed by atoms with van der Waals surface area (Å²) in [6.45, 7) is 1.35. The van der Waals surface area contributed by atoms with Gasteiger partial charge in [0.1, 0.15) is 6.26 Å². The Bertz CT molecular complexity index is 270. The van der Waals surface area contributed by atoms with E-state index in [-0.39, 0.29) is 11.7 Å². The molecule has 1 aromatic heterocycles. The average Bonchev–Trinajstić information content (AvgIpc) is 2.71. The number of Topliss-reactive ketones (excluding diaryl/α,β-unsaturated/α-hetero) is 1. The van der Waals surface area contributed by atoms with Gasteiger partial charge in [-0.05, 0) is 18.9 Å². The van der Waals surface area contributed by atoms with Crippen LogP contribution >= 0.6 is 0 Å². The lowest BCUT2D eigenvalue weighted by molar-refractivity contribution is 0.0461. The van der Waals surface area contributed by atoms with Crippen molar-refractivity contribution in [1.82, 2.24) is 0 Å². The number of carbonyl (C=O) groups excluding carboxylic acids is 1. The lowest BCUT2D eigenvalue weighted by Gasteiger charge is -2.19. The molecule has 0 spiro atoms. The Morgan fingerprint density at radius 1 is 1.54 bits per heavy atom. The first-order valence-electron chi connectivity index (χ1n) is 4.52. The van der Waals surface area contributed by atoms with Crippen molar-refractivity contribution in [2.24, 2.45) is 5.92 Å². The van der Waals surface area contributed by atoms with Crippen LogP contribution in [0.25, 0.3) is 0 Å². The molecule has 1 aromatic rings. The molecular formula is C10H12O3. The van der Waals surface area contributed by atoms with Crippen molar-refractivity contribution in [2.45, 2.75) is 12.8 Å². The van der Waals surface area contributed by atoms with E-state index >= 15 is 0 Å². The van der Waals surface area contributed by atoms with Crippen LogP contribution in [0, 0.1) is 5.92 Å². The molecule has 1 aliphatic rings. The summed E-state index contributed by atoms with van der Waals surface area (Å²) >= 11 is 0. The van der Waals surface area contributed by atoms with Gasteiger partial charge in [-0.25, -0.2) is 0 Å². The van der Waals surface area contributed by atoms with Crippen molar-refractivity contribution in [3.05, 3.63) is 24.2 Å². The van der Waals surface area contributed by atoms with Crippen LogP contribution in [-0.4, -0.2) is 19.0 Å². The number of ketones is 1. The fourth-order valence-electron chi connectivity index (χ4n) is 1.59. The molecule has 0 bridgehead atoms. The first kappa shape index (κ1) is 8.51. The summed E-state index contributed by atoms with van der Waals surface area (Å²) in [7, 11) is 0. The second-order valence-electron chi connectivity index (χ2n) is 3.29. The summed E-state index contributed by atoms with van der Waals surface area (Å²) in [4.78, 5) is 11.7. The van der Waals surface area contributed by atoms with Crippen LogP contribution in [0.15, 0.2) is 23.0 Å². The second kappa shape index (κ2) is 3.75. The van der Waals surface area contributed by atoms with Crippen molar-refractivity contribution in [3.63, 3.8) is 0 Å². The summed E-state index contributed by atoms with van der Waals surface area (Å²) < 4.78 is 10.1. The Morgan fingerprint density at radius 2 is 2.46 bits per heavy atom. The first-order valence-corrected chi connectivity index (χ1v) is 4.52. The minimum Gasteiger partial charge on any atom is -0.472 e. The van der Waals surface area contributed by atoms with E-state index in [9.17, 15) is 4.79 Å². The number of ether oxygens (including phenoxy) is 1. The van der Waals surface area contributed by atoms with Gasteiger partial charge in [0.25, 0.3) is 0 Å². The third kappa shape index (κ3) is 1.80. The quantitative estimate of drug-likeness (QED) is 0.652. The molecule has 70 valence electrons. The molecule has 1 fully saturated rings. The van der Waals surface area contributed by atoms with E-state index in [4.69, 9.17) is 9.15 Å². The maximum absolute atomic E-state index is 11.7. The topological polar surface area (TPSA) is 39.4 Å². The highest BCUT2D eigenvalue weighted by molar-refractivity contribution is 5.97. The van der Waals surface area contributed by atoms with E-state index < -0.39 is 0 Å². The molecule has 3 heteroatoms. The van der Waals surface area contributed by atoms with Gasteiger partial charge in [0.05, 0.1) is 18.4 Å². The predicted octanol–water partition coefficient (Wildman–Crippen LogP) is 1.89. The van der Waals surface area contributed by atoms with Gasteiger partial charge in [-0.2, -0.15) is 0 Å². The zero-order valence-corrected chi connectivity index (χ0v) is 7.36. The van der Waals surface area contributed by atoms with Crippen molar-refractivity contribution in [2.75, 3.05) is 13.2 Å². The maximum atomic E-state index is 11.7. The lowest BCUT2D eigenvalue weighted by Crippen LogP contribution is -2.24. The molecule has 1 saturated heterocycles. The van der Waals surface area contributed by atoms with Crippen LogP contribution in [-0.2, 0) is 4.74 Å². The molecule has 0 amide bonds. The highest BCUT2D eigenvalue weighted by Crippen LogP contribution is 2.18. The van der Waals surface area contributed by atoms with Gasteiger partial charge in [0.2, 0.25) is 0 Å². The van der Waals surface area contributed by atoms with Crippen LogP contribution < -0.4 is 0 Å². The van der Waals surface area contributed by atoms with Gasteiger partial charge in [0, 0.05) is 12.5 Å². The Hall–Kier alpha value is -1.09. The normalized spacial score (nSPS) is 22.9. The molecule has 0 aromatic carbocycles. The van der Waals surface area contributed by atoms with Gasteiger partial charge >= 0.3 is 0 Å². The molecule has 0 N–H and O–H groups in total. The standard InChI is InChI=1S/C10H12O3/c11-10(9-3-5-13-7-9)8-2-1-4-12-6-8/h3,5,7-8H,1-2,4,6H2.